The van der Waals surface area contributed by atoms with Crippen molar-refractivity contribution in [1.82, 2.24) is 5.32 Å². The molecule has 0 aromatic carbocycles. The summed E-state index contributed by atoms with van der Waals surface area (Å²) in [5.74, 6) is -0.658. The molecule has 0 aromatic heterocycles. The van der Waals surface area contributed by atoms with Crippen LogP contribution in [0.2, 0.25) is 0 Å². The maximum atomic E-state index is 11.8. The van der Waals surface area contributed by atoms with Crippen molar-refractivity contribution < 1.29 is 14.3 Å². The summed E-state index contributed by atoms with van der Waals surface area (Å²) in [6.45, 7) is 11.5. The van der Waals surface area contributed by atoms with Crippen molar-refractivity contribution in [2.24, 2.45) is 11.3 Å². The van der Waals surface area contributed by atoms with Crippen molar-refractivity contribution in [1.29, 1.82) is 0 Å². The van der Waals surface area contributed by atoms with Crippen LogP contribution >= 0.6 is 0 Å². The van der Waals surface area contributed by atoms with Gasteiger partial charge in [-0.1, -0.05) is 27.7 Å². The lowest BCUT2D eigenvalue weighted by molar-refractivity contribution is -0.147. The van der Waals surface area contributed by atoms with E-state index in [0.29, 0.717) is 6.61 Å². The molecule has 0 aliphatic carbocycles. The molecule has 4 nitrogen and oxygen atoms in total. The Morgan fingerprint density at radius 2 is 1.75 bits per heavy atom. The third-order valence-electron chi connectivity index (χ3n) is 2.69. The van der Waals surface area contributed by atoms with E-state index < -0.39 is 12.0 Å². The van der Waals surface area contributed by atoms with Crippen LogP contribution in [0.25, 0.3) is 0 Å². The Kier molecular flexibility index (Phi) is 5.48. The largest absolute Gasteiger partial charge is 0.464 e. The van der Waals surface area contributed by atoms with Gasteiger partial charge in [-0.25, -0.2) is 4.79 Å². The lowest BCUT2D eigenvalue weighted by atomic mass is 9.81. The number of hydrogen-bond donors (Lipinski definition) is 1. The van der Waals surface area contributed by atoms with E-state index in [0.717, 1.165) is 0 Å². The second-order valence-corrected chi connectivity index (χ2v) is 5.07. The van der Waals surface area contributed by atoms with Crippen LogP contribution in [0.15, 0.2) is 0 Å². The zero-order valence-corrected chi connectivity index (χ0v) is 11.1. The molecule has 0 aliphatic rings. The maximum absolute atomic E-state index is 11.8. The van der Waals surface area contributed by atoms with E-state index in [9.17, 15) is 9.59 Å². The molecule has 0 spiro atoms. The van der Waals surface area contributed by atoms with Crippen LogP contribution in [-0.2, 0) is 14.3 Å². The highest BCUT2D eigenvalue weighted by atomic mass is 16.5. The molecule has 0 unspecified atom stereocenters. The molecule has 0 saturated heterocycles. The number of nitrogens with one attached hydrogen (secondary N) is 1. The summed E-state index contributed by atoms with van der Waals surface area (Å²) < 4.78 is 4.82. The first-order chi connectivity index (χ1) is 7.20. The van der Waals surface area contributed by atoms with Gasteiger partial charge in [-0.2, -0.15) is 0 Å². The average Bonchev–Trinajstić information content (AvgIpc) is 2.15. The number of rotatable bonds is 4. The summed E-state index contributed by atoms with van der Waals surface area (Å²) in [7, 11) is 0. The molecule has 0 bridgehead atoms. The quantitative estimate of drug-likeness (QED) is 0.747. The normalized spacial score (nSPS) is 15.1. The molecule has 0 rings (SSSR count). The molecule has 4 heteroatoms. The molecule has 94 valence electrons. The molecule has 0 heterocycles. The van der Waals surface area contributed by atoms with Crippen LogP contribution in [0.1, 0.15) is 41.5 Å². The lowest BCUT2D eigenvalue weighted by Gasteiger charge is -2.27. The van der Waals surface area contributed by atoms with Crippen molar-refractivity contribution in [3.05, 3.63) is 0 Å². The van der Waals surface area contributed by atoms with E-state index in [4.69, 9.17) is 4.74 Å². The number of esters is 1. The Morgan fingerprint density at radius 3 is 2.12 bits per heavy atom. The van der Waals surface area contributed by atoms with Gasteiger partial charge < -0.3 is 10.1 Å². The van der Waals surface area contributed by atoms with Crippen LogP contribution < -0.4 is 5.32 Å². The molecule has 16 heavy (non-hydrogen) atoms. The van der Waals surface area contributed by atoms with Gasteiger partial charge in [0.15, 0.2) is 0 Å². The van der Waals surface area contributed by atoms with Crippen molar-refractivity contribution in [3.8, 4) is 0 Å². The fraction of sp³-hybridized carbons (Fsp3) is 0.833. The van der Waals surface area contributed by atoms with Crippen LogP contribution in [-0.4, -0.2) is 24.5 Å². The Hall–Kier alpha value is -1.06. The standard InChI is InChI=1S/C12H23NO3/c1-7-16-11(15)9(3)13-10(14)8(2)12(4,5)6/h8-9H,7H2,1-6H3,(H,13,14)/t8-,9+/m1/s1. The van der Waals surface area contributed by atoms with Gasteiger partial charge in [-0.15, -0.1) is 0 Å². The van der Waals surface area contributed by atoms with Gasteiger partial charge in [0.05, 0.1) is 6.61 Å². The van der Waals surface area contributed by atoms with Gasteiger partial charge in [0, 0.05) is 5.92 Å². The summed E-state index contributed by atoms with van der Waals surface area (Å²) in [4.78, 5) is 23.1. The maximum Gasteiger partial charge on any atom is 0.328 e. The molecule has 1 amide bonds. The van der Waals surface area contributed by atoms with Gasteiger partial charge in [0.1, 0.15) is 6.04 Å². The van der Waals surface area contributed by atoms with E-state index in [1.54, 1.807) is 13.8 Å². The first-order valence-electron chi connectivity index (χ1n) is 5.67. The summed E-state index contributed by atoms with van der Waals surface area (Å²) in [6, 6.07) is -0.586. The molecule has 0 saturated carbocycles. The van der Waals surface area contributed by atoms with Gasteiger partial charge in [-0.05, 0) is 19.3 Å². The second-order valence-electron chi connectivity index (χ2n) is 5.07. The van der Waals surface area contributed by atoms with Crippen LogP contribution in [0.3, 0.4) is 0 Å². The Balaban J connectivity index is 4.30. The molecule has 0 radical (unpaired) electrons. The van der Waals surface area contributed by atoms with Crippen LogP contribution in [0.4, 0.5) is 0 Å². The van der Waals surface area contributed by atoms with Crippen molar-refractivity contribution in [3.63, 3.8) is 0 Å². The predicted molar refractivity (Wildman–Crippen MR) is 62.9 cm³/mol. The van der Waals surface area contributed by atoms with Crippen LogP contribution in [0, 0.1) is 11.3 Å². The number of carbonyl (C=O) groups is 2. The lowest BCUT2D eigenvalue weighted by Crippen LogP contribution is -2.44. The fourth-order valence-corrected chi connectivity index (χ4v) is 1.06. The summed E-state index contributed by atoms with van der Waals surface area (Å²) in [5.41, 5.74) is -0.113. The highest BCUT2D eigenvalue weighted by molar-refractivity contribution is 5.85. The number of carbonyl (C=O) groups excluding carboxylic acids is 2. The topological polar surface area (TPSA) is 55.4 Å². The van der Waals surface area contributed by atoms with E-state index in [2.05, 4.69) is 5.32 Å². The second kappa shape index (κ2) is 5.87. The van der Waals surface area contributed by atoms with Gasteiger partial charge in [0.25, 0.3) is 0 Å². The molecule has 2 atom stereocenters. The minimum absolute atomic E-state index is 0.113. The van der Waals surface area contributed by atoms with E-state index in [-0.39, 0.29) is 17.2 Å². The number of ether oxygens (including phenoxy) is 1. The van der Waals surface area contributed by atoms with Crippen molar-refractivity contribution in [2.45, 2.75) is 47.6 Å². The molecular weight excluding hydrogens is 206 g/mol. The zero-order valence-electron chi connectivity index (χ0n) is 11.1. The summed E-state index contributed by atoms with van der Waals surface area (Å²) >= 11 is 0. The fourth-order valence-electron chi connectivity index (χ4n) is 1.06. The minimum Gasteiger partial charge on any atom is -0.464 e. The SMILES string of the molecule is CCOC(=O)[C@H](C)NC(=O)[C@@H](C)C(C)(C)C. The number of amides is 1. The monoisotopic (exact) mass is 229 g/mol. The first-order valence-corrected chi connectivity index (χ1v) is 5.67. The molecule has 0 aliphatic heterocycles. The predicted octanol–water partition coefficient (Wildman–Crippen LogP) is 1.74. The third-order valence-corrected chi connectivity index (χ3v) is 2.69. The van der Waals surface area contributed by atoms with Crippen LogP contribution in [0.5, 0.6) is 0 Å². The molecule has 0 aromatic rings. The van der Waals surface area contributed by atoms with Gasteiger partial charge in [0.2, 0.25) is 5.91 Å². The average molecular weight is 229 g/mol. The summed E-state index contributed by atoms with van der Waals surface area (Å²) in [5, 5.41) is 2.66. The van der Waals surface area contributed by atoms with Crippen molar-refractivity contribution >= 4 is 11.9 Å². The molecule has 0 fully saturated rings. The Labute approximate surface area is 97.7 Å². The Morgan fingerprint density at radius 1 is 1.25 bits per heavy atom. The van der Waals surface area contributed by atoms with E-state index >= 15 is 0 Å². The zero-order chi connectivity index (χ0) is 12.9. The molecular formula is C12H23NO3. The van der Waals surface area contributed by atoms with Gasteiger partial charge in [-0.3, -0.25) is 4.79 Å². The third kappa shape index (κ3) is 4.64. The number of hydrogen-bond acceptors (Lipinski definition) is 3. The first kappa shape index (κ1) is 14.9. The van der Waals surface area contributed by atoms with Gasteiger partial charge >= 0.3 is 5.97 Å². The molecule has 1 N–H and O–H groups in total. The summed E-state index contributed by atoms with van der Waals surface area (Å²) in [6.07, 6.45) is 0. The van der Waals surface area contributed by atoms with Crippen molar-refractivity contribution in [2.75, 3.05) is 6.61 Å². The smallest absolute Gasteiger partial charge is 0.328 e. The highest BCUT2D eigenvalue weighted by Gasteiger charge is 2.28. The minimum atomic E-state index is -0.586. The van der Waals surface area contributed by atoms with E-state index in [1.807, 2.05) is 27.7 Å². The Bertz CT molecular complexity index is 255. The van der Waals surface area contributed by atoms with E-state index in [1.165, 1.54) is 0 Å². The highest BCUT2D eigenvalue weighted by Crippen LogP contribution is 2.25.